The van der Waals surface area contributed by atoms with E-state index in [9.17, 15) is 4.79 Å². The molecule has 2 aliphatic heterocycles. The predicted molar refractivity (Wildman–Crippen MR) is 133 cm³/mol. The number of hydrogen-bond donors (Lipinski definition) is 3. The summed E-state index contributed by atoms with van der Waals surface area (Å²) < 4.78 is 1.64. The number of carbonyl (C=O) groups is 1. The Labute approximate surface area is 202 Å². The molecule has 2 fully saturated rings. The largest absolute Gasteiger partial charge is 0.366 e. The number of anilines is 3. The molecule has 2 bridgehead atoms. The topological polar surface area (TPSA) is 133 Å². The molecule has 35 heavy (non-hydrogen) atoms. The molecule has 2 saturated heterocycles. The Balaban J connectivity index is 1.20. The first-order chi connectivity index (χ1) is 16.8. The van der Waals surface area contributed by atoms with E-state index in [2.05, 4.69) is 85.4 Å². The number of nitrogens with two attached hydrogens (primary N) is 1. The maximum atomic E-state index is 11.4. The van der Waals surface area contributed by atoms with Gasteiger partial charge in [-0.1, -0.05) is 0 Å². The van der Waals surface area contributed by atoms with Crippen LogP contribution in [0, 0.1) is 0 Å². The van der Waals surface area contributed by atoms with Crippen LogP contribution in [0.5, 0.6) is 0 Å². The van der Waals surface area contributed by atoms with Crippen LogP contribution in [0.2, 0.25) is 0 Å². The van der Waals surface area contributed by atoms with Crippen molar-refractivity contribution in [2.24, 2.45) is 5.73 Å². The van der Waals surface area contributed by atoms with E-state index in [1.54, 1.807) is 16.8 Å². The van der Waals surface area contributed by atoms with Crippen molar-refractivity contribution in [2.75, 3.05) is 23.3 Å². The minimum Gasteiger partial charge on any atom is -0.366 e. The Bertz CT molecular complexity index is 1400. The van der Waals surface area contributed by atoms with Gasteiger partial charge in [0.2, 0.25) is 0 Å². The fourth-order valence-electron chi connectivity index (χ4n) is 5.35. The molecule has 4 N–H and O–H groups in total. The number of benzene rings is 1. The SMILES string of the molecule is CC(C)(C)N1C[C@@H]2C[C@H]1CN2c1ccc(Nc2ncc(-c3cc(C(N)=O)n[nH]3)n3ncnc23)cc1. The van der Waals surface area contributed by atoms with Gasteiger partial charge in [0, 0.05) is 42.1 Å². The van der Waals surface area contributed by atoms with Crippen LogP contribution in [0.4, 0.5) is 17.2 Å². The van der Waals surface area contributed by atoms with Crippen molar-refractivity contribution in [1.82, 2.24) is 34.7 Å². The minimum absolute atomic E-state index is 0.146. The number of nitrogens with one attached hydrogen (secondary N) is 2. The average molecular weight is 473 g/mol. The molecule has 4 aromatic rings. The molecule has 0 spiro atoms. The summed E-state index contributed by atoms with van der Waals surface area (Å²) in [6, 6.07) is 11.2. The molecule has 0 saturated carbocycles. The predicted octanol–water partition coefficient (Wildman–Crippen LogP) is 2.42. The van der Waals surface area contributed by atoms with Crippen molar-refractivity contribution in [1.29, 1.82) is 0 Å². The van der Waals surface area contributed by atoms with Crippen LogP contribution in [0.1, 0.15) is 37.7 Å². The van der Waals surface area contributed by atoms with Gasteiger partial charge in [-0.3, -0.25) is 14.8 Å². The van der Waals surface area contributed by atoms with Gasteiger partial charge in [0.05, 0.1) is 11.9 Å². The van der Waals surface area contributed by atoms with Crippen LogP contribution < -0.4 is 16.0 Å². The normalized spacial score (nSPS) is 20.1. The summed E-state index contributed by atoms with van der Waals surface area (Å²) in [4.78, 5) is 25.5. The number of nitrogens with zero attached hydrogens (tertiary/aromatic N) is 7. The molecule has 5 heterocycles. The molecule has 0 radical (unpaired) electrons. The summed E-state index contributed by atoms with van der Waals surface area (Å²) in [5.41, 5.74) is 9.58. The van der Waals surface area contributed by atoms with E-state index in [0.717, 1.165) is 18.8 Å². The Morgan fingerprint density at radius 3 is 2.60 bits per heavy atom. The molecule has 1 amide bonds. The lowest BCUT2D eigenvalue weighted by Crippen LogP contribution is -2.53. The van der Waals surface area contributed by atoms with Crippen molar-refractivity contribution in [3.8, 4) is 11.4 Å². The lowest BCUT2D eigenvalue weighted by molar-refractivity contribution is 0.0995. The van der Waals surface area contributed by atoms with Gasteiger partial charge in [0.15, 0.2) is 11.5 Å². The Morgan fingerprint density at radius 2 is 1.94 bits per heavy atom. The summed E-state index contributed by atoms with van der Waals surface area (Å²) in [5.74, 6) is -0.0278. The van der Waals surface area contributed by atoms with Gasteiger partial charge in [0.1, 0.15) is 17.7 Å². The maximum absolute atomic E-state index is 11.4. The van der Waals surface area contributed by atoms with Crippen LogP contribution in [-0.4, -0.2) is 71.3 Å². The third kappa shape index (κ3) is 3.68. The molecular formula is C24H28N10O. The van der Waals surface area contributed by atoms with Gasteiger partial charge in [-0.15, -0.1) is 0 Å². The van der Waals surface area contributed by atoms with Crippen molar-refractivity contribution in [2.45, 2.75) is 44.8 Å². The van der Waals surface area contributed by atoms with E-state index in [0.29, 0.717) is 34.9 Å². The van der Waals surface area contributed by atoms with Gasteiger partial charge >= 0.3 is 0 Å². The molecule has 3 aromatic heterocycles. The van der Waals surface area contributed by atoms with E-state index in [4.69, 9.17) is 5.73 Å². The standard InChI is InChI=1S/C24H28N10O/c1-24(2,3)33-12-16-8-17(33)11-32(16)15-6-4-14(5-7-15)29-22-23-27-13-28-34(23)20(10-26-22)18-9-19(21(25)35)31-30-18/h4-7,9-10,13,16-17H,8,11-12H2,1-3H3,(H2,25,35)(H,26,29)(H,30,31)/t16-,17-/m0/s1. The first kappa shape index (κ1) is 21.5. The highest BCUT2D eigenvalue weighted by Gasteiger charge is 2.46. The van der Waals surface area contributed by atoms with Crippen molar-refractivity contribution < 1.29 is 4.79 Å². The summed E-state index contributed by atoms with van der Waals surface area (Å²) in [6.07, 6.45) is 4.34. The number of piperazine rings is 1. The van der Waals surface area contributed by atoms with Crippen molar-refractivity contribution >= 4 is 28.7 Å². The van der Waals surface area contributed by atoms with Crippen LogP contribution in [0.25, 0.3) is 17.0 Å². The number of primary amides is 1. The number of aromatic nitrogens is 6. The van der Waals surface area contributed by atoms with Crippen LogP contribution >= 0.6 is 0 Å². The second kappa shape index (κ2) is 7.77. The second-order valence-electron chi connectivity index (χ2n) is 10.2. The minimum atomic E-state index is -0.606. The molecule has 1 aromatic carbocycles. The quantitative estimate of drug-likeness (QED) is 0.403. The molecule has 180 valence electrons. The number of rotatable bonds is 5. The first-order valence-corrected chi connectivity index (χ1v) is 11.7. The lowest BCUT2D eigenvalue weighted by atomic mass is 10.0. The molecule has 2 atom stereocenters. The van der Waals surface area contributed by atoms with Gasteiger partial charge < -0.3 is 16.0 Å². The number of H-pyrrole nitrogens is 1. The first-order valence-electron chi connectivity index (χ1n) is 11.7. The lowest BCUT2D eigenvalue weighted by Gasteiger charge is -2.42. The second-order valence-corrected chi connectivity index (χ2v) is 10.2. The average Bonchev–Trinajstić information content (AvgIpc) is 3.62. The van der Waals surface area contributed by atoms with Crippen molar-refractivity contribution in [3.63, 3.8) is 0 Å². The highest BCUT2D eigenvalue weighted by atomic mass is 16.1. The highest BCUT2D eigenvalue weighted by molar-refractivity contribution is 5.91. The van der Waals surface area contributed by atoms with E-state index in [-0.39, 0.29) is 11.2 Å². The number of fused-ring (bicyclic) bond motifs is 3. The summed E-state index contributed by atoms with van der Waals surface area (Å²) in [7, 11) is 0. The number of aromatic amines is 1. The third-order valence-electron chi connectivity index (χ3n) is 6.97. The van der Waals surface area contributed by atoms with Crippen LogP contribution in [0.3, 0.4) is 0 Å². The number of likely N-dealkylation sites (tertiary alicyclic amines) is 1. The monoisotopic (exact) mass is 472 g/mol. The van der Waals surface area contributed by atoms with E-state index < -0.39 is 5.91 Å². The van der Waals surface area contributed by atoms with Gasteiger partial charge in [-0.25, -0.2) is 14.5 Å². The number of hydrogen-bond acceptors (Lipinski definition) is 8. The van der Waals surface area contributed by atoms with Gasteiger partial charge in [-0.2, -0.15) is 10.2 Å². The molecule has 2 aliphatic rings. The smallest absolute Gasteiger partial charge is 0.269 e. The number of amides is 1. The Morgan fingerprint density at radius 1 is 1.14 bits per heavy atom. The van der Waals surface area contributed by atoms with Crippen LogP contribution in [0.15, 0.2) is 42.9 Å². The summed E-state index contributed by atoms with van der Waals surface area (Å²) in [5, 5.41) is 14.4. The summed E-state index contributed by atoms with van der Waals surface area (Å²) >= 11 is 0. The maximum Gasteiger partial charge on any atom is 0.269 e. The molecule has 0 unspecified atom stereocenters. The molecule has 11 heteroatoms. The zero-order valence-corrected chi connectivity index (χ0v) is 19.9. The fraction of sp³-hybridized carbons (Fsp3) is 0.375. The Kier molecular flexibility index (Phi) is 4.78. The van der Waals surface area contributed by atoms with Gasteiger partial charge in [0.25, 0.3) is 5.91 Å². The van der Waals surface area contributed by atoms with Gasteiger partial charge in [-0.05, 0) is 57.5 Å². The van der Waals surface area contributed by atoms with E-state index >= 15 is 0 Å². The van der Waals surface area contributed by atoms with E-state index in [1.807, 2.05) is 0 Å². The zero-order valence-electron chi connectivity index (χ0n) is 19.9. The fourth-order valence-corrected chi connectivity index (χ4v) is 5.35. The number of carbonyl (C=O) groups excluding carboxylic acids is 1. The highest BCUT2D eigenvalue weighted by Crippen LogP contribution is 2.38. The van der Waals surface area contributed by atoms with E-state index in [1.165, 1.54) is 18.4 Å². The zero-order chi connectivity index (χ0) is 24.3. The van der Waals surface area contributed by atoms with Crippen molar-refractivity contribution in [3.05, 3.63) is 48.5 Å². The molecular weight excluding hydrogens is 444 g/mol. The van der Waals surface area contributed by atoms with Crippen LogP contribution in [-0.2, 0) is 0 Å². The molecule has 6 rings (SSSR count). The molecule has 0 aliphatic carbocycles. The third-order valence-corrected chi connectivity index (χ3v) is 6.97. The summed E-state index contributed by atoms with van der Waals surface area (Å²) in [6.45, 7) is 9.10. The Hall–Kier alpha value is -3.99. The molecule has 11 nitrogen and oxygen atoms in total.